The smallest absolute Gasteiger partial charge is 0.410 e. The number of hydrogen-bond acceptors (Lipinski definition) is 4. The standard InChI is InChI=1S/C18H35NO4/c1-13(2)10-14(15(20)22-11-17(3,4)5)19(9)16(21)23-12-18(6,7)8/h13-14H,10-12H2,1-9H3. The maximum absolute atomic E-state index is 12.4. The molecule has 5 nitrogen and oxygen atoms in total. The first-order valence-corrected chi connectivity index (χ1v) is 8.29. The van der Waals surface area contributed by atoms with Gasteiger partial charge in [0.1, 0.15) is 6.04 Å². The van der Waals surface area contributed by atoms with Crippen LogP contribution in [-0.2, 0) is 14.3 Å². The fourth-order valence-electron chi connectivity index (χ4n) is 1.75. The maximum Gasteiger partial charge on any atom is 0.410 e. The van der Waals surface area contributed by atoms with Crippen molar-refractivity contribution in [2.75, 3.05) is 20.3 Å². The minimum absolute atomic E-state index is 0.108. The molecule has 0 rings (SSSR count). The van der Waals surface area contributed by atoms with Crippen molar-refractivity contribution in [3.8, 4) is 0 Å². The summed E-state index contributed by atoms with van der Waals surface area (Å²) >= 11 is 0. The highest BCUT2D eigenvalue weighted by atomic mass is 16.6. The van der Waals surface area contributed by atoms with Crippen molar-refractivity contribution < 1.29 is 19.1 Å². The molecule has 0 aromatic heterocycles. The number of ether oxygens (including phenoxy) is 2. The Morgan fingerprint density at radius 3 is 1.74 bits per heavy atom. The molecule has 0 aliphatic rings. The van der Waals surface area contributed by atoms with Crippen LogP contribution >= 0.6 is 0 Å². The normalized spacial score (nSPS) is 13.7. The summed E-state index contributed by atoms with van der Waals surface area (Å²) in [7, 11) is 1.59. The first kappa shape index (κ1) is 21.7. The zero-order chi connectivity index (χ0) is 18.4. The van der Waals surface area contributed by atoms with Crippen LogP contribution in [0.4, 0.5) is 4.79 Å². The Balaban J connectivity index is 4.86. The molecule has 0 N–H and O–H groups in total. The fourth-order valence-corrected chi connectivity index (χ4v) is 1.75. The molecule has 0 aliphatic heterocycles. The molecule has 0 spiro atoms. The van der Waals surface area contributed by atoms with E-state index in [0.717, 1.165) is 0 Å². The minimum atomic E-state index is -0.621. The molecule has 0 saturated carbocycles. The van der Waals surface area contributed by atoms with Crippen LogP contribution in [-0.4, -0.2) is 43.3 Å². The third-order valence-corrected chi connectivity index (χ3v) is 3.00. The van der Waals surface area contributed by atoms with E-state index in [2.05, 4.69) is 0 Å². The van der Waals surface area contributed by atoms with Crippen molar-refractivity contribution in [1.82, 2.24) is 4.90 Å². The Kier molecular flexibility index (Phi) is 8.08. The molecule has 1 amide bonds. The van der Waals surface area contributed by atoms with Gasteiger partial charge in [-0.3, -0.25) is 4.90 Å². The zero-order valence-corrected chi connectivity index (χ0v) is 16.4. The van der Waals surface area contributed by atoms with Gasteiger partial charge in [-0.15, -0.1) is 0 Å². The predicted molar refractivity (Wildman–Crippen MR) is 92.2 cm³/mol. The van der Waals surface area contributed by atoms with Gasteiger partial charge in [0, 0.05) is 7.05 Å². The van der Waals surface area contributed by atoms with Gasteiger partial charge in [0.15, 0.2) is 0 Å². The van der Waals surface area contributed by atoms with Crippen molar-refractivity contribution in [2.45, 2.75) is 67.9 Å². The topological polar surface area (TPSA) is 55.8 Å². The van der Waals surface area contributed by atoms with Crippen LogP contribution in [0.2, 0.25) is 0 Å². The summed E-state index contributed by atoms with van der Waals surface area (Å²) in [6.45, 7) is 16.6. The summed E-state index contributed by atoms with van der Waals surface area (Å²) < 4.78 is 10.7. The molecule has 1 unspecified atom stereocenters. The van der Waals surface area contributed by atoms with Crippen molar-refractivity contribution in [3.63, 3.8) is 0 Å². The molecule has 23 heavy (non-hydrogen) atoms. The number of hydrogen-bond donors (Lipinski definition) is 0. The number of carbonyl (C=O) groups is 2. The van der Waals surface area contributed by atoms with E-state index in [9.17, 15) is 9.59 Å². The lowest BCUT2D eigenvalue weighted by Crippen LogP contribution is -2.45. The van der Waals surface area contributed by atoms with Crippen molar-refractivity contribution in [3.05, 3.63) is 0 Å². The van der Waals surface area contributed by atoms with Crippen molar-refractivity contribution >= 4 is 12.1 Å². The lowest BCUT2D eigenvalue weighted by molar-refractivity contribution is -0.152. The van der Waals surface area contributed by atoms with Gasteiger partial charge in [0.2, 0.25) is 0 Å². The van der Waals surface area contributed by atoms with Crippen molar-refractivity contribution in [1.29, 1.82) is 0 Å². The van der Waals surface area contributed by atoms with E-state index in [1.165, 1.54) is 4.90 Å². The lowest BCUT2D eigenvalue weighted by Gasteiger charge is -2.29. The monoisotopic (exact) mass is 329 g/mol. The third kappa shape index (κ3) is 10.2. The Morgan fingerprint density at radius 2 is 1.35 bits per heavy atom. The summed E-state index contributed by atoms with van der Waals surface area (Å²) in [5.41, 5.74) is -0.222. The van der Waals surface area contributed by atoms with E-state index in [-0.39, 0.29) is 22.7 Å². The van der Waals surface area contributed by atoms with Gasteiger partial charge >= 0.3 is 12.1 Å². The second-order valence-corrected chi connectivity index (χ2v) is 9.04. The van der Waals surface area contributed by atoms with E-state index >= 15 is 0 Å². The molecule has 5 heteroatoms. The number of carbonyl (C=O) groups excluding carboxylic acids is 2. The summed E-state index contributed by atoms with van der Waals surface area (Å²) in [6.07, 6.45) is 0.0580. The molecular weight excluding hydrogens is 294 g/mol. The third-order valence-electron chi connectivity index (χ3n) is 3.00. The number of likely N-dealkylation sites (N-methyl/N-ethyl adjacent to an activating group) is 1. The van der Waals surface area contributed by atoms with Crippen LogP contribution in [0.1, 0.15) is 61.8 Å². The van der Waals surface area contributed by atoms with E-state index in [1.807, 2.05) is 55.4 Å². The predicted octanol–water partition coefficient (Wildman–Crippen LogP) is 4.10. The first-order chi connectivity index (χ1) is 10.2. The SMILES string of the molecule is CC(C)CC(C(=O)OCC(C)(C)C)N(C)C(=O)OCC(C)(C)C. The molecule has 1 atom stereocenters. The van der Waals surface area contributed by atoms with Crippen LogP contribution in [0.25, 0.3) is 0 Å². The number of rotatable bonds is 6. The number of esters is 1. The number of nitrogens with zero attached hydrogens (tertiary/aromatic N) is 1. The lowest BCUT2D eigenvalue weighted by atomic mass is 9.98. The van der Waals surface area contributed by atoms with Gasteiger partial charge in [0.25, 0.3) is 0 Å². The molecule has 136 valence electrons. The van der Waals surface area contributed by atoms with Crippen LogP contribution in [0.15, 0.2) is 0 Å². The summed E-state index contributed by atoms with van der Waals surface area (Å²) in [4.78, 5) is 26.0. The zero-order valence-electron chi connectivity index (χ0n) is 16.4. The van der Waals surface area contributed by atoms with Crippen LogP contribution in [0.5, 0.6) is 0 Å². The molecule has 0 aliphatic carbocycles. The highest BCUT2D eigenvalue weighted by Gasteiger charge is 2.31. The van der Waals surface area contributed by atoms with E-state index in [1.54, 1.807) is 7.05 Å². The van der Waals surface area contributed by atoms with Crippen molar-refractivity contribution in [2.24, 2.45) is 16.7 Å². The average Bonchev–Trinajstić information content (AvgIpc) is 2.36. The Bertz CT molecular complexity index is 391. The van der Waals surface area contributed by atoms with E-state index in [4.69, 9.17) is 9.47 Å². The minimum Gasteiger partial charge on any atom is -0.464 e. The second-order valence-electron chi connectivity index (χ2n) is 9.04. The second kappa shape index (κ2) is 8.55. The molecular formula is C18H35NO4. The van der Waals surface area contributed by atoms with Gasteiger partial charge < -0.3 is 9.47 Å². The van der Waals surface area contributed by atoms with E-state index in [0.29, 0.717) is 19.6 Å². The Hall–Kier alpha value is -1.26. The quantitative estimate of drug-likeness (QED) is 0.688. The Labute approximate surface area is 141 Å². The van der Waals surface area contributed by atoms with Crippen LogP contribution in [0.3, 0.4) is 0 Å². The fraction of sp³-hybridized carbons (Fsp3) is 0.889. The molecule has 0 bridgehead atoms. The summed E-state index contributed by atoms with van der Waals surface area (Å²) in [6, 6.07) is -0.621. The van der Waals surface area contributed by atoms with Gasteiger partial charge in [-0.2, -0.15) is 0 Å². The molecule has 0 heterocycles. The molecule has 0 radical (unpaired) electrons. The molecule has 0 fully saturated rings. The van der Waals surface area contributed by atoms with Gasteiger partial charge in [-0.05, 0) is 23.2 Å². The largest absolute Gasteiger partial charge is 0.464 e. The summed E-state index contributed by atoms with van der Waals surface area (Å²) in [5.74, 6) is -0.108. The molecule has 0 saturated heterocycles. The van der Waals surface area contributed by atoms with Gasteiger partial charge in [-0.1, -0.05) is 55.4 Å². The number of amides is 1. The summed E-state index contributed by atoms with van der Waals surface area (Å²) in [5, 5.41) is 0. The van der Waals surface area contributed by atoms with Crippen LogP contribution < -0.4 is 0 Å². The Morgan fingerprint density at radius 1 is 0.913 bits per heavy atom. The highest BCUT2D eigenvalue weighted by Crippen LogP contribution is 2.18. The highest BCUT2D eigenvalue weighted by molar-refractivity contribution is 5.81. The molecule has 0 aromatic rings. The van der Waals surface area contributed by atoms with Gasteiger partial charge in [-0.25, -0.2) is 9.59 Å². The van der Waals surface area contributed by atoms with Gasteiger partial charge in [0.05, 0.1) is 13.2 Å². The van der Waals surface area contributed by atoms with Crippen LogP contribution in [0, 0.1) is 16.7 Å². The van der Waals surface area contributed by atoms with E-state index < -0.39 is 12.1 Å². The molecule has 0 aromatic carbocycles. The average molecular weight is 329 g/mol. The first-order valence-electron chi connectivity index (χ1n) is 8.29. The maximum atomic E-state index is 12.4.